The van der Waals surface area contributed by atoms with Gasteiger partial charge in [-0.3, -0.25) is 9.69 Å². The third-order valence-electron chi connectivity index (χ3n) is 6.83. The fourth-order valence-corrected chi connectivity index (χ4v) is 4.96. The lowest BCUT2D eigenvalue weighted by Crippen LogP contribution is -2.39. The zero-order chi connectivity index (χ0) is 24.7. The Morgan fingerprint density at radius 3 is 2.65 bits per heavy atom. The molecule has 2 aromatic rings. The fraction of sp³-hybridized carbons (Fsp3) is 0.520. The number of hydrogen-bond acceptors (Lipinski definition) is 4. The summed E-state index contributed by atoms with van der Waals surface area (Å²) in [7, 11) is 0. The van der Waals surface area contributed by atoms with Crippen molar-refractivity contribution in [1.82, 2.24) is 14.7 Å². The Kier molecular flexibility index (Phi) is 6.38. The number of carbonyl (C=O) groups is 1. The lowest BCUT2D eigenvalue weighted by molar-refractivity contribution is -0.142. The molecule has 1 aromatic heterocycles. The van der Waals surface area contributed by atoms with E-state index in [-0.39, 0.29) is 17.0 Å². The van der Waals surface area contributed by atoms with Gasteiger partial charge in [0.05, 0.1) is 17.8 Å². The van der Waals surface area contributed by atoms with Crippen LogP contribution in [-0.2, 0) is 19.0 Å². The van der Waals surface area contributed by atoms with Crippen LogP contribution in [0.5, 0.6) is 0 Å². The van der Waals surface area contributed by atoms with Gasteiger partial charge in [0.1, 0.15) is 0 Å². The summed E-state index contributed by atoms with van der Waals surface area (Å²) in [6.07, 6.45) is 4.01. The number of aromatic nitrogens is 2. The Hall–Kier alpha value is -2.99. The van der Waals surface area contributed by atoms with Gasteiger partial charge in [-0.2, -0.15) is 18.3 Å². The van der Waals surface area contributed by atoms with Gasteiger partial charge in [0, 0.05) is 36.1 Å². The molecule has 3 N–H and O–H groups in total. The molecule has 6 nitrogen and oxygen atoms in total. The van der Waals surface area contributed by atoms with Crippen molar-refractivity contribution in [2.75, 3.05) is 25.0 Å². The Morgan fingerprint density at radius 1 is 1.32 bits per heavy atom. The Morgan fingerprint density at radius 2 is 2.03 bits per heavy atom. The van der Waals surface area contributed by atoms with Gasteiger partial charge in [0.25, 0.3) is 5.91 Å². The third-order valence-corrected chi connectivity index (χ3v) is 6.83. The standard InChI is InChI=1S/C25H30F3N5O/c1-4-11-32-12-8-16(9-13-32)30-20-14-17(5-6-18(20)23(29)34)33-21-15-24(2,3)10-7-19(21)22(31-33)25(26,27)28/h1,5-6,14,16,30H,7-13,15H2,2-3H3,(H2,29,34). The molecule has 1 aliphatic heterocycles. The average molecular weight is 474 g/mol. The second kappa shape index (κ2) is 8.99. The second-order valence-electron chi connectivity index (χ2n) is 10.0. The number of piperidine rings is 1. The van der Waals surface area contributed by atoms with Crippen LogP contribution in [0.4, 0.5) is 18.9 Å². The molecule has 0 radical (unpaired) electrons. The van der Waals surface area contributed by atoms with E-state index in [1.807, 2.05) is 0 Å². The molecule has 34 heavy (non-hydrogen) atoms. The quantitative estimate of drug-likeness (QED) is 0.644. The van der Waals surface area contributed by atoms with Crippen molar-refractivity contribution >= 4 is 11.6 Å². The minimum Gasteiger partial charge on any atom is -0.382 e. The maximum atomic E-state index is 13.8. The summed E-state index contributed by atoms with van der Waals surface area (Å²) in [6.45, 7) is 6.35. The van der Waals surface area contributed by atoms with E-state index in [4.69, 9.17) is 12.2 Å². The highest BCUT2D eigenvalue weighted by atomic mass is 19.4. The maximum absolute atomic E-state index is 13.8. The van der Waals surface area contributed by atoms with Crippen LogP contribution in [0.3, 0.4) is 0 Å². The summed E-state index contributed by atoms with van der Waals surface area (Å²) < 4.78 is 42.7. The zero-order valence-corrected chi connectivity index (χ0v) is 19.5. The number of alkyl halides is 3. The first-order valence-corrected chi connectivity index (χ1v) is 11.5. The SMILES string of the molecule is C#CCN1CCC(Nc2cc(-n3nc(C(F)(F)F)c4c3CC(C)(C)CC4)ccc2C(N)=O)CC1. The van der Waals surface area contributed by atoms with E-state index < -0.39 is 17.8 Å². The fourth-order valence-electron chi connectivity index (χ4n) is 4.96. The van der Waals surface area contributed by atoms with Crippen LogP contribution < -0.4 is 11.1 Å². The first-order chi connectivity index (χ1) is 16.0. The Bertz CT molecular complexity index is 1120. The van der Waals surface area contributed by atoms with E-state index in [1.165, 1.54) is 4.68 Å². The molecule has 0 saturated carbocycles. The van der Waals surface area contributed by atoms with Crippen LogP contribution in [0.25, 0.3) is 5.69 Å². The molecule has 1 aromatic carbocycles. The van der Waals surface area contributed by atoms with Crippen molar-refractivity contribution in [3.8, 4) is 18.0 Å². The summed E-state index contributed by atoms with van der Waals surface area (Å²) in [5.74, 6) is 2.05. The summed E-state index contributed by atoms with van der Waals surface area (Å²) in [6, 6.07) is 4.94. The lowest BCUT2D eigenvalue weighted by atomic mass is 9.76. The Labute approximate surface area is 197 Å². The minimum atomic E-state index is -4.53. The van der Waals surface area contributed by atoms with Gasteiger partial charge in [-0.25, -0.2) is 4.68 Å². The smallest absolute Gasteiger partial charge is 0.382 e. The lowest BCUT2D eigenvalue weighted by Gasteiger charge is -2.32. The molecule has 1 aliphatic carbocycles. The number of hydrogen-bond donors (Lipinski definition) is 2. The number of nitrogens with two attached hydrogens (primary N) is 1. The molecule has 4 rings (SSSR count). The molecule has 1 amide bonds. The average Bonchev–Trinajstić information content (AvgIpc) is 3.13. The molecule has 0 atom stereocenters. The molecular weight excluding hydrogens is 443 g/mol. The van der Waals surface area contributed by atoms with Crippen LogP contribution in [0.2, 0.25) is 0 Å². The van der Waals surface area contributed by atoms with Crippen molar-refractivity contribution in [2.24, 2.45) is 11.1 Å². The maximum Gasteiger partial charge on any atom is 0.435 e. The van der Waals surface area contributed by atoms with E-state index >= 15 is 0 Å². The molecular formula is C25H30F3N5O. The van der Waals surface area contributed by atoms with Crippen LogP contribution in [0, 0.1) is 17.8 Å². The first kappa shape index (κ1) is 24.1. The molecule has 1 saturated heterocycles. The number of anilines is 1. The molecule has 0 bridgehead atoms. The zero-order valence-electron chi connectivity index (χ0n) is 19.5. The van der Waals surface area contributed by atoms with E-state index in [2.05, 4.69) is 35.1 Å². The summed E-state index contributed by atoms with van der Waals surface area (Å²) in [5.41, 5.74) is 6.76. The van der Waals surface area contributed by atoms with E-state index in [0.717, 1.165) is 25.9 Å². The largest absolute Gasteiger partial charge is 0.435 e. The number of rotatable bonds is 5. The number of halogens is 3. The van der Waals surface area contributed by atoms with Crippen molar-refractivity contribution < 1.29 is 18.0 Å². The van der Waals surface area contributed by atoms with Gasteiger partial charge in [-0.15, -0.1) is 6.42 Å². The van der Waals surface area contributed by atoms with Crippen molar-refractivity contribution in [1.29, 1.82) is 0 Å². The van der Waals surface area contributed by atoms with Gasteiger partial charge < -0.3 is 11.1 Å². The number of amides is 1. The highest BCUT2D eigenvalue weighted by Crippen LogP contribution is 2.42. The third kappa shape index (κ3) is 4.92. The van der Waals surface area contributed by atoms with Gasteiger partial charge in [0.2, 0.25) is 0 Å². The molecule has 2 aliphatic rings. The number of primary amides is 1. The van der Waals surface area contributed by atoms with Gasteiger partial charge >= 0.3 is 6.18 Å². The molecule has 2 heterocycles. The topological polar surface area (TPSA) is 76.2 Å². The first-order valence-electron chi connectivity index (χ1n) is 11.5. The molecule has 0 spiro atoms. The number of nitrogens with zero attached hydrogens (tertiary/aromatic N) is 3. The van der Waals surface area contributed by atoms with Crippen molar-refractivity contribution in [3.63, 3.8) is 0 Å². The minimum absolute atomic E-state index is 0.0959. The van der Waals surface area contributed by atoms with Crippen LogP contribution in [0.1, 0.15) is 60.4 Å². The predicted molar refractivity (Wildman–Crippen MR) is 125 cm³/mol. The number of benzene rings is 1. The van der Waals surface area contributed by atoms with Crippen LogP contribution >= 0.6 is 0 Å². The normalized spacial score (nSPS) is 18.8. The highest BCUT2D eigenvalue weighted by molar-refractivity contribution is 5.99. The highest BCUT2D eigenvalue weighted by Gasteiger charge is 2.42. The summed E-state index contributed by atoms with van der Waals surface area (Å²) in [5, 5.41) is 7.41. The second-order valence-corrected chi connectivity index (χ2v) is 10.0. The van der Waals surface area contributed by atoms with E-state index in [9.17, 15) is 18.0 Å². The van der Waals surface area contributed by atoms with Crippen molar-refractivity contribution in [2.45, 2.75) is 58.2 Å². The van der Waals surface area contributed by atoms with Crippen LogP contribution in [0.15, 0.2) is 18.2 Å². The molecule has 182 valence electrons. The monoisotopic (exact) mass is 473 g/mol. The van der Waals surface area contributed by atoms with Gasteiger partial charge in [-0.05, 0) is 55.7 Å². The van der Waals surface area contributed by atoms with Crippen LogP contribution in [-0.4, -0.2) is 46.3 Å². The molecule has 9 heteroatoms. The number of likely N-dealkylation sites (tertiary alicyclic amines) is 1. The van der Waals surface area contributed by atoms with Gasteiger partial charge in [0.15, 0.2) is 5.69 Å². The van der Waals surface area contributed by atoms with Crippen molar-refractivity contribution in [3.05, 3.63) is 40.7 Å². The predicted octanol–water partition coefficient (Wildman–Crippen LogP) is 4.01. The number of carbonyl (C=O) groups excluding carboxylic acids is 1. The number of nitrogens with one attached hydrogen (secondary N) is 1. The molecule has 0 unspecified atom stereocenters. The number of fused-ring (bicyclic) bond motifs is 1. The number of terminal acetylenes is 1. The van der Waals surface area contributed by atoms with Gasteiger partial charge in [-0.1, -0.05) is 19.8 Å². The van der Waals surface area contributed by atoms with E-state index in [0.29, 0.717) is 48.4 Å². The van der Waals surface area contributed by atoms with E-state index in [1.54, 1.807) is 18.2 Å². The molecule has 1 fully saturated rings. The summed E-state index contributed by atoms with van der Waals surface area (Å²) in [4.78, 5) is 14.3. The Balaban J connectivity index is 1.70. The summed E-state index contributed by atoms with van der Waals surface area (Å²) >= 11 is 0.